The minimum atomic E-state index is 0.634. The maximum atomic E-state index is 4.72. The van der Waals surface area contributed by atoms with Crippen LogP contribution in [0.2, 0.25) is 0 Å². The molecule has 0 unspecified atom stereocenters. The van der Waals surface area contributed by atoms with Crippen molar-refractivity contribution in [3.05, 3.63) is 35.8 Å². The third kappa shape index (κ3) is 2.28. The molecule has 0 atom stereocenters. The lowest BCUT2D eigenvalue weighted by molar-refractivity contribution is 0.438. The molecule has 3 rings (SSSR count). The van der Waals surface area contributed by atoms with Gasteiger partial charge in [-0.15, -0.1) is 0 Å². The molecule has 4 heteroatoms. The molecule has 19 heavy (non-hydrogen) atoms. The molecular weight excluding hydrogens is 236 g/mol. The summed E-state index contributed by atoms with van der Waals surface area (Å²) in [7, 11) is 2.06. The highest BCUT2D eigenvalue weighted by molar-refractivity contribution is 5.63. The fraction of sp³-hybridized carbons (Fsp3) is 0.467. The molecule has 2 aromatic rings. The summed E-state index contributed by atoms with van der Waals surface area (Å²) in [6, 6.07) is 4.06. The summed E-state index contributed by atoms with van der Waals surface area (Å²) >= 11 is 0. The van der Waals surface area contributed by atoms with Crippen molar-refractivity contribution in [2.75, 3.05) is 13.1 Å². The van der Waals surface area contributed by atoms with Gasteiger partial charge in [-0.1, -0.05) is 0 Å². The van der Waals surface area contributed by atoms with Crippen LogP contribution in [-0.4, -0.2) is 27.9 Å². The minimum absolute atomic E-state index is 0.634. The van der Waals surface area contributed by atoms with Crippen LogP contribution in [0.4, 0.5) is 0 Å². The number of pyridine rings is 1. The number of hydrogen-bond acceptors (Lipinski definition) is 3. The molecule has 0 saturated carbocycles. The maximum Gasteiger partial charge on any atom is 0.0956 e. The highest BCUT2D eigenvalue weighted by Crippen LogP contribution is 2.32. The largest absolute Gasteiger partial charge is 0.317 e. The fourth-order valence-corrected chi connectivity index (χ4v) is 3.09. The lowest BCUT2D eigenvalue weighted by Gasteiger charge is -2.23. The lowest BCUT2D eigenvalue weighted by atomic mass is 9.91. The molecule has 0 aromatic carbocycles. The summed E-state index contributed by atoms with van der Waals surface area (Å²) in [5, 5.41) is 8.15. The third-order valence-electron chi connectivity index (χ3n) is 4.02. The zero-order chi connectivity index (χ0) is 13.2. The molecule has 2 aromatic heterocycles. The van der Waals surface area contributed by atoms with Gasteiger partial charge in [0.25, 0.3) is 0 Å². The van der Waals surface area contributed by atoms with E-state index in [4.69, 9.17) is 5.10 Å². The molecule has 1 aliphatic rings. The summed E-state index contributed by atoms with van der Waals surface area (Å²) in [6.07, 6.45) is 6.06. The molecular formula is C15H20N4. The Balaban J connectivity index is 2.00. The highest BCUT2D eigenvalue weighted by atomic mass is 15.3. The van der Waals surface area contributed by atoms with Crippen molar-refractivity contribution >= 4 is 0 Å². The van der Waals surface area contributed by atoms with E-state index in [0.29, 0.717) is 5.92 Å². The van der Waals surface area contributed by atoms with E-state index in [-0.39, 0.29) is 0 Å². The van der Waals surface area contributed by atoms with E-state index >= 15 is 0 Å². The molecule has 4 nitrogen and oxygen atoms in total. The molecule has 3 heterocycles. The van der Waals surface area contributed by atoms with Crippen LogP contribution in [0, 0.1) is 6.92 Å². The van der Waals surface area contributed by atoms with Crippen molar-refractivity contribution in [2.24, 2.45) is 7.05 Å². The molecule has 1 N–H and O–H groups in total. The van der Waals surface area contributed by atoms with Crippen LogP contribution in [0.15, 0.2) is 24.5 Å². The smallest absolute Gasteiger partial charge is 0.0956 e. The maximum absolute atomic E-state index is 4.72. The van der Waals surface area contributed by atoms with Gasteiger partial charge in [0.05, 0.1) is 5.69 Å². The van der Waals surface area contributed by atoms with E-state index in [0.717, 1.165) is 24.3 Å². The van der Waals surface area contributed by atoms with Crippen LogP contribution in [0.5, 0.6) is 0 Å². The van der Waals surface area contributed by atoms with Crippen LogP contribution >= 0.6 is 0 Å². The van der Waals surface area contributed by atoms with E-state index < -0.39 is 0 Å². The number of aromatic nitrogens is 3. The Labute approximate surface area is 113 Å². The normalized spacial score (nSPS) is 16.7. The Hall–Kier alpha value is -1.68. The number of rotatable bonds is 2. The van der Waals surface area contributed by atoms with Crippen LogP contribution in [0.3, 0.4) is 0 Å². The molecule has 0 spiro atoms. The Kier molecular flexibility index (Phi) is 3.34. The summed E-state index contributed by atoms with van der Waals surface area (Å²) in [5.74, 6) is 0.634. The average Bonchev–Trinajstić information content (AvgIpc) is 2.76. The zero-order valence-corrected chi connectivity index (χ0v) is 11.6. The van der Waals surface area contributed by atoms with E-state index in [2.05, 4.69) is 29.0 Å². The van der Waals surface area contributed by atoms with E-state index in [1.807, 2.05) is 24.5 Å². The van der Waals surface area contributed by atoms with Crippen molar-refractivity contribution in [2.45, 2.75) is 25.7 Å². The second-order valence-corrected chi connectivity index (χ2v) is 5.24. The molecule has 0 aliphatic carbocycles. The van der Waals surface area contributed by atoms with Gasteiger partial charge in [-0.3, -0.25) is 9.67 Å². The van der Waals surface area contributed by atoms with Crippen molar-refractivity contribution in [3.8, 4) is 11.3 Å². The number of nitrogens with one attached hydrogen (secondary N) is 1. The first-order valence-corrected chi connectivity index (χ1v) is 6.92. The molecule has 1 saturated heterocycles. The summed E-state index contributed by atoms with van der Waals surface area (Å²) in [4.78, 5) is 4.08. The van der Waals surface area contributed by atoms with Gasteiger partial charge in [0, 0.05) is 36.6 Å². The fourth-order valence-electron chi connectivity index (χ4n) is 3.09. The topological polar surface area (TPSA) is 42.7 Å². The predicted molar refractivity (Wildman–Crippen MR) is 76.0 cm³/mol. The highest BCUT2D eigenvalue weighted by Gasteiger charge is 2.23. The quantitative estimate of drug-likeness (QED) is 0.896. The Bertz CT molecular complexity index is 553. The monoisotopic (exact) mass is 256 g/mol. The van der Waals surface area contributed by atoms with Crippen LogP contribution in [-0.2, 0) is 7.05 Å². The van der Waals surface area contributed by atoms with Gasteiger partial charge in [0.1, 0.15) is 0 Å². The van der Waals surface area contributed by atoms with Crippen molar-refractivity contribution in [3.63, 3.8) is 0 Å². The van der Waals surface area contributed by atoms with Crippen LogP contribution in [0.1, 0.15) is 30.0 Å². The second kappa shape index (κ2) is 5.13. The second-order valence-electron chi connectivity index (χ2n) is 5.24. The molecule has 1 fully saturated rings. The predicted octanol–water partition coefficient (Wildman–Crippen LogP) is 2.26. The Morgan fingerprint density at radius 3 is 2.58 bits per heavy atom. The van der Waals surface area contributed by atoms with Gasteiger partial charge in [0.2, 0.25) is 0 Å². The number of hydrogen-bond donors (Lipinski definition) is 1. The first-order valence-electron chi connectivity index (χ1n) is 6.92. The van der Waals surface area contributed by atoms with Crippen molar-refractivity contribution in [1.29, 1.82) is 0 Å². The van der Waals surface area contributed by atoms with E-state index in [1.54, 1.807) is 0 Å². The van der Waals surface area contributed by atoms with Gasteiger partial charge in [-0.2, -0.15) is 5.10 Å². The zero-order valence-electron chi connectivity index (χ0n) is 11.6. The SMILES string of the molecule is Cc1c(-c2ccncc2)nn(C)c1C1CCNCC1. The summed E-state index contributed by atoms with van der Waals surface area (Å²) in [5.41, 5.74) is 4.97. The van der Waals surface area contributed by atoms with Crippen molar-refractivity contribution < 1.29 is 0 Å². The number of aryl methyl sites for hydroxylation is 1. The molecule has 0 radical (unpaired) electrons. The molecule has 0 bridgehead atoms. The number of nitrogens with zero attached hydrogens (tertiary/aromatic N) is 3. The van der Waals surface area contributed by atoms with Gasteiger partial charge in [-0.05, 0) is 50.6 Å². The lowest BCUT2D eigenvalue weighted by Crippen LogP contribution is -2.27. The third-order valence-corrected chi connectivity index (χ3v) is 4.02. The molecule has 0 amide bonds. The molecule has 100 valence electrons. The first-order chi connectivity index (χ1) is 9.27. The standard InChI is InChI=1S/C15H20N4/c1-11-14(12-3-7-16-8-4-12)18-19(2)15(11)13-5-9-17-10-6-13/h3-4,7-8,13,17H,5-6,9-10H2,1-2H3. The summed E-state index contributed by atoms with van der Waals surface area (Å²) in [6.45, 7) is 4.42. The van der Waals surface area contributed by atoms with Crippen LogP contribution in [0.25, 0.3) is 11.3 Å². The molecule has 1 aliphatic heterocycles. The first kappa shape index (κ1) is 12.4. The average molecular weight is 256 g/mol. The van der Waals surface area contributed by atoms with Crippen LogP contribution < -0.4 is 5.32 Å². The van der Waals surface area contributed by atoms with Crippen molar-refractivity contribution in [1.82, 2.24) is 20.1 Å². The minimum Gasteiger partial charge on any atom is -0.317 e. The Morgan fingerprint density at radius 2 is 1.89 bits per heavy atom. The Morgan fingerprint density at radius 1 is 1.21 bits per heavy atom. The van der Waals surface area contributed by atoms with E-state index in [9.17, 15) is 0 Å². The van der Waals surface area contributed by atoms with E-state index in [1.165, 1.54) is 24.1 Å². The van der Waals surface area contributed by atoms with Gasteiger partial charge >= 0.3 is 0 Å². The summed E-state index contributed by atoms with van der Waals surface area (Å²) < 4.78 is 2.07. The van der Waals surface area contributed by atoms with Gasteiger partial charge < -0.3 is 5.32 Å². The number of piperidine rings is 1. The van der Waals surface area contributed by atoms with Gasteiger partial charge in [-0.25, -0.2) is 0 Å². The van der Waals surface area contributed by atoms with Gasteiger partial charge in [0.15, 0.2) is 0 Å².